The maximum Gasteiger partial charge on any atom is 0.236 e. The molecule has 1 aromatic rings. The number of aryl methyl sites for hydroxylation is 1. The quantitative estimate of drug-likeness (QED) is 0.750. The molecule has 1 fully saturated rings. The van der Waals surface area contributed by atoms with Crippen LogP contribution in [0.3, 0.4) is 0 Å². The van der Waals surface area contributed by atoms with E-state index in [1.54, 1.807) is 0 Å². The molecule has 2 heterocycles. The maximum absolute atomic E-state index is 11.5. The number of aromatic nitrogens is 2. The van der Waals surface area contributed by atoms with E-state index in [0.717, 1.165) is 25.2 Å². The lowest BCUT2D eigenvalue weighted by Crippen LogP contribution is -2.47. The topological polar surface area (TPSA) is 50.2 Å². The van der Waals surface area contributed by atoms with Crippen molar-refractivity contribution in [1.29, 1.82) is 0 Å². The Morgan fingerprint density at radius 1 is 1.60 bits per heavy atom. The van der Waals surface area contributed by atoms with E-state index in [-0.39, 0.29) is 5.91 Å². The molecule has 5 nitrogen and oxygen atoms in total. The summed E-state index contributed by atoms with van der Waals surface area (Å²) in [5.74, 6) is 0.172. The van der Waals surface area contributed by atoms with Crippen LogP contribution in [-0.2, 0) is 17.9 Å². The Labute approximate surface area is 89.1 Å². The summed E-state index contributed by atoms with van der Waals surface area (Å²) in [6, 6.07) is 0. The molecule has 0 bridgehead atoms. The Kier molecular flexibility index (Phi) is 3.01. The number of hydrogen-bond acceptors (Lipinski definition) is 3. The van der Waals surface area contributed by atoms with Crippen molar-refractivity contribution >= 4 is 5.91 Å². The lowest BCUT2D eigenvalue weighted by molar-refractivity contribution is -0.132. The highest BCUT2D eigenvalue weighted by Gasteiger charge is 2.17. The van der Waals surface area contributed by atoms with Crippen LogP contribution in [0.2, 0.25) is 0 Å². The summed E-state index contributed by atoms with van der Waals surface area (Å²) in [6.45, 7) is 5.73. The molecule has 2 rings (SSSR count). The zero-order chi connectivity index (χ0) is 10.7. The van der Waals surface area contributed by atoms with Crippen molar-refractivity contribution in [2.75, 3.05) is 19.6 Å². The van der Waals surface area contributed by atoms with Gasteiger partial charge in [-0.15, -0.1) is 0 Å². The summed E-state index contributed by atoms with van der Waals surface area (Å²) >= 11 is 0. The lowest BCUT2D eigenvalue weighted by atomic mass is 10.3. The highest BCUT2D eigenvalue weighted by atomic mass is 16.2. The average molecular weight is 208 g/mol. The van der Waals surface area contributed by atoms with Gasteiger partial charge in [0.1, 0.15) is 0 Å². The van der Waals surface area contributed by atoms with Crippen molar-refractivity contribution in [2.24, 2.45) is 0 Å². The Balaban J connectivity index is 1.98. The van der Waals surface area contributed by atoms with E-state index in [1.165, 1.54) is 0 Å². The summed E-state index contributed by atoms with van der Waals surface area (Å²) in [5.41, 5.74) is 1.10. The lowest BCUT2D eigenvalue weighted by Gasteiger charge is -2.26. The van der Waals surface area contributed by atoms with Crippen LogP contribution in [0.4, 0.5) is 0 Å². The summed E-state index contributed by atoms with van der Waals surface area (Å²) < 4.78 is 1.88. The fourth-order valence-corrected chi connectivity index (χ4v) is 1.69. The zero-order valence-electron chi connectivity index (χ0n) is 8.94. The number of carbonyl (C=O) groups excluding carboxylic acids is 1. The summed E-state index contributed by atoms with van der Waals surface area (Å²) in [4.78, 5) is 13.4. The molecule has 1 aromatic heterocycles. The highest BCUT2D eigenvalue weighted by molar-refractivity contribution is 5.78. The highest BCUT2D eigenvalue weighted by Crippen LogP contribution is 2.05. The molecule has 1 aliphatic heterocycles. The molecule has 82 valence electrons. The smallest absolute Gasteiger partial charge is 0.236 e. The van der Waals surface area contributed by atoms with E-state index in [2.05, 4.69) is 10.4 Å². The Morgan fingerprint density at radius 2 is 2.47 bits per heavy atom. The van der Waals surface area contributed by atoms with E-state index < -0.39 is 0 Å². The summed E-state index contributed by atoms with van der Waals surface area (Å²) in [5, 5.41) is 7.24. The van der Waals surface area contributed by atoms with Gasteiger partial charge >= 0.3 is 0 Å². The molecule has 0 aliphatic carbocycles. The first-order valence-electron chi connectivity index (χ1n) is 5.29. The van der Waals surface area contributed by atoms with Crippen LogP contribution in [0.1, 0.15) is 12.5 Å². The van der Waals surface area contributed by atoms with Crippen LogP contribution < -0.4 is 5.32 Å². The van der Waals surface area contributed by atoms with E-state index in [1.807, 2.05) is 28.9 Å². The first kappa shape index (κ1) is 10.2. The van der Waals surface area contributed by atoms with Crippen LogP contribution in [0, 0.1) is 0 Å². The summed E-state index contributed by atoms with van der Waals surface area (Å²) in [7, 11) is 0. The predicted octanol–water partition coefficient (Wildman–Crippen LogP) is -0.165. The molecule has 0 radical (unpaired) electrons. The zero-order valence-corrected chi connectivity index (χ0v) is 8.94. The predicted molar refractivity (Wildman–Crippen MR) is 56.2 cm³/mol. The number of piperazine rings is 1. The van der Waals surface area contributed by atoms with Crippen molar-refractivity contribution in [3.8, 4) is 0 Å². The Hall–Kier alpha value is -1.36. The number of amides is 1. The third-order valence-corrected chi connectivity index (χ3v) is 2.57. The van der Waals surface area contributed by atoms with Crippen LogP contribution in [0.5, 0.6) is 0 Å². The molecule has 0 aromatic carbocycles. The molecule has 0 saturated carbocycles. The van der Waals surface area contributed by atoms with Crippen LogP contribution in [0.15, 0.2) is 12.4 Å². The van der Waals surface area contributed by atoms with Crippen LogP contribution in [0.25, 0.3) is 0 Å². The standard InChI is InChI=1S/C10H16N4O/c1-2-14-8-9(5-12-14)7-13-4-3-11-6-10(13)15/h5,8,11H,2-4,6-7H2,1H3. The number of nitrogens with zero attached hydrogens (tertiary/aromatic N) is 3. The third-order valence-electron chi connectivity index (χ3n) is 2.57. The van der Waals surface area contributed by atoms with Crippen molar-refractivity contribution in [3.05, 3.63) is 18.0 Å². The molecule has 0 atom stereocenters. The van der Waals surface area contributed by atoms with E-state index in [0.29, 0.717) is 13.1 Å². The van der Waals surface area contributed by atoms with Gasteiger partial charge < -0.3 is 10.2 Å². The van der Waals surface area contributed by atoms with Crippen LogP contribution >= 0.6 is 0 Å². The first-order valence-corrected chi connectivity index (χ1v) is 5.29. The van der Waals surface area contributed by atoms with E-state index in [4.69, 9.17) is 0 Å². The molecule has 1 saturated heterocycles. The second-order valence-electron chi connectivity index (χ2n) is 3.70. The molecule has 15 heavy (non-hydrogen) atoms. The van der Waals surface area contributed by atoms with Gasteiger partial charge in [0.2, 0.25) is 5.91 Å². The second kappa shape index (κ2) is 4.44. The van der Waals surface area contributed by atoms with Gasteiger partial charge in [0.05, 0.1) is 12.7 Å². The largest absolute Gasteiger partial charge is 0.336 e. The molecule has 1 aliphatic rings. The van der Waals surface area contributed by atoms with Crippen molar-refractivity contribution in [1.82, 2.24) is 20.0 Å². The van der Waals surface area contributed by atoms with Crippen molar-refractivity contribution in [3.63, 3.8) is 0 Å². The monoisotopic (exact) mass is 208 g/mol. The molecular weight excluding hydrogens is 192 g/mol. The van der Waals surface area contributed by atoms with Crippen molar-refractivity contribution in [2.45, 2.75) is 20.0 Å². The van der Waals surface area contributed by atoms with Gasteiger partial charge in [0.15, 0.2) is 0 Å². The van der Waals surface area contributed by atoms with Crippen molar-refractivity contribution < 1.29 is 4.79 Å². The average Bonchev–Trinajstić information content (AvgIpc) is 2.69. The van der Waals surface area contributed by atoms with Gasteiger partial charge in [0.25, 0.3) is 0 Å². The van der Waals surface area contributed by atoms with Gasteiger partial charge in [-0.2, -0.15) is 5.10 Å². The fourth-order valence-electron chi connectivity index (χ4n) is 1.69. The first-order chi connectivity index (χ1) is 7.29. The van der Waals surface area contributed by atoms with E-state index in [9.17, 15) is 4.79 Å². The Bertz CT molecular complexity index is 347. The van der Waals surface area contributed by atoms with E-state index >= 15 is 0 Å². The number of carbonyl (C=O) groups is 1. The number of hydrogen-bond donors (Lipinski definition) is 1. The molecule has 1 N–H and O–H groups in total. The minimum absolute atomic E-state index is 0.172. The maximum atomic E-state index is 11.5. The third kappa shape index (κ3) is 2.36. The minimum Gasteiger partial charge on any atom is -0.336 e. The second-order valence-corrected chi connectivity index (χ2v) is 3.70. The molecule has 1 amide bonds. The van der Waals surface area contributed by atoms with Gasteiger partial charge in [-0.25, -0.2) is 0 Å². The summed E-state index contributed by atoms with van der Waals surface area (Å²) in [6.07, 6.45) is 3.83. The minimum atomic E-state index is 0.172. The Morgan fingerprint density at radius 3 is 3.13 bits per heavy atom. The van der Waals surface area contributed by atoms with Gasteiger partial charge in [-0.1, -0.05) is 0 Å². The number of rotatable bonds is 3. The molecule has 5 heteroatoms. The van der Waals surface area contributed by atoms with Gasteiger partial charge in [-0.05, 0) is 6.92 Å². The number of nitrogens with one attached hydrogen (secondary N) is 1. The van der Waals surface area contributed by atoms with Gasteiger partial charge in [-0.3, -0.25) is 9.48 Å². The SMILES string of the molecule is CCn1cc(CN2CCNCC2=O)cn1. The normalized spacial score (nSPS) is 17.1. The molecule has 0 unspecified atom stereocenters. The molecular formula is C10H16N4O. The van der Waals surface area contributed by atoms with Gasteiger partial charge in [0, 0.05) is 37.9 Å². The molecule has 0 spiro atoms. The van der Waals surface area contributed by atoms with Crippen LogP contribution in [-0.4, -0.2) is 40.2 Å². The fraction of sp³-hybridized carbons (Fsp3) is 0.600.